The second-order valence-electron chi connectivity index (χ2n) is 12.7. The molecule has 0 aromatic rings. The maximum atomic E-state index is 12.2. The first-order valence-corrected chi connectivity index (χ1v) is 20.7. The first kappa shape index (κ1) is 48.4. The molecule has 0 aliphatic rings. The fourth-order valence-corrected chi connectivity index (χ4v) is 5.62. The molecule has 3 atom stereocenters. The Balaban J connectivity index is 4.02. The minimum atomic E-state index is -4.76. The van der Waals surface area contributed by atoms with E-state index >= 15 is 0 Å². The van der Waals surface area contributed by atoms with Gasteiger partial charge in [0.2, 0.25) is 5.91 Å². The summed E-state index contributed by atoms with van der Waals surface area (Å²) in [5.74, 6) is -2.42. The molecule has 1 amide bonds. The third-order valence-corrected chi connectivity index (χ3v) is 8.80. The van der Waals surface area contributed by atoms with E-state index in [1.165, 1.54) is 32.1 Å². The molecule has 0 saturated heterocycles. The van der Waals surface area contributed by atoms with Crippen LogP contribution in [0.2, 0.25) is 0 Å². The first-order valence-electron chi connectivity index (χ1n) is 19.2. The standard InChI is InChI=1S/C39H68NO10P/c1-3-5-7-9-11-13-15-17-19-20-22-24-26-28-30-37(42)40-36(39(44)45)34-50-51(46,47)49-33-35(41)32-48-38(43)31-29-27-25-23-21-18-16-14-12-10-8-6-4-2/h6,8,12,14-15,17-18,21,35-36,41H,3-5,7,9-11,13,16,19-20,22-34H2,1-2H3,(H,40,42)(H,44,45)(H,46,47)/b8-6-,14-12-,17-15-,21-18-. The van der Waals surface area contributed by atoms with Crippen molar-refractivity contribution >= 4 is 25.7 Å². The molecule has 0 rings (SSSR count). The number of hydrogen-bond acceptors (Lipinski definition) is 8. The first-order chi connectivity index (χ1) is 24.6. The van der Waals surface area contributed by atoms with Gasteiger partial charge < -0.3 is 25.2 Å². The summed E-state index contributed by atoms with van der Waals surface area (Å²) >= 11 is 0. The molecule has 0 saturated carbocycles. The molecule has 3 unspecified atom stereocenters. The number of aliphatic hydroxyl groups is 1. The van der Waals surface area contributed by atoms with Crippen LogP contribution in [0.15, 0.2) is 48.6 Å². The van der Waals surface area contributed by atoms with Crippen LogP contribution in [-0.4, -0.2) is 64.9 Å². The number of allylic oxidation sites excluding steroid dienone is 8. The average molecular weight is 742 g/mol. The van der Waals surface area contributed by atoms with E-state index in [9.17, 15) is 34.1 Å². The minimum absolute atomic E-state index is 0.132. The Hall–Kier alpha value is -2.56. The van der Waals surface area contributed by atoms with Crippen molar-refractivity contribution in [3.05, 3.63) is 48.6 Å². The van der Waals surface area contributed by atoms with Crippen LogP contribution >= 0.6 is 7.82 Å². The number of carbonyl (C=O) groups is 3. The molecule has 0 aromatic heterocycles. The van der Waals surface area contributed by atoms with E-state index in [4.69, 9.17) is 13.8 Å². The predicted molar refractivity (Wildman–Crippen MR) is 203 cm³/mol. The lowest BCUT2D eigenvalue weighted by molar-refractivity contribution is -0.147. The zero-order valence-corrected chi connectivity index (χ0v) is 32.3. The Morgan fingerprint density at radius 3 is 1.75 bits per heavy atom. The molecule has 11 nitrogen and oxygen atoms in total. The number of amides is 1. The summed E-state index contributed by atoms with van der Waals surface area (Å²) in [7, 11) is -4.76. The van der Waals surface area contributed by atoms with Gasteiger partial charge in [0.1, 0.15) is 12.7 Å². The number of carboxylic acid groups (broad SMARTS) is 1. The molecular weight excluding hydrogens is 673 g/mol. The van der Waals surface area contributed by atoms with Gasteiger partial charge in [-0.25, -0.2) is 9.36 Å². The second-order valence-corrected chi connectivity index (χ2v) is 14.2. The third-order valence-electron chi connectivity index (χ3n) is 7.85. The van der Waals surface area contributed by atoms with Crippen LogP contribution in [0, 0.1) is 0 Å². The van der Waals surface area contributed by atoms with Crippen LogP contribution in [0.4, 0.5) is 0 Å². The monoisotopic (exact) mass is 741 g/mol. The normalized spacial score (nSPS) is 14.4. The van der Waals surface area contributed by atoms with E-state index in [1.807, 2.05) is 0 Å². The zero-order chi connectivity index (χ0) is 37.8. The molecular formula is C39H68NO10P. The highest BCUT2D eigenvalue weighted by Crippen LogP contribution is 2.43. The molecule has 12 heteroatoms. The van der Waals surface area contributed by atoms with Crippen LogP contribution in [0.25, 0.3) is 0 Å². The number of aliphatic hydroxyl groups excluding tert-OH is 1. The Morgan fingerprint density at radius 1 is 0.647 bits per heavy atom. The fourth-order valence-electron chi connectivity index (χ4n) is 4.85. The van der Waals surface area contributed by atoms with Gasteiger partial charge in [-0.15, -0.1) is 0 Å². The quantitative estimate of drug-likeness (QED) is 0.0213. The molecule has 0 bridgehead atoms. The summed E-state index contributed by atoms with van der Waals surface area (Å²) in [6, 6.07) is -1.55. The number of rotatable bonds is 35. The van der Waals surface area contributed by atoms with Gasteiger partial charge >= 0.3 is 19.8 Å². The van der Waals surface area contributed by atoms with E-state index in [0.29, 0.717) is 12.8 Å². The van der Waals surface area contributed by atoms with Crippen molar-refractivity contribution in [2.45, 2.75) is 161 Å². The van der Waals surface area contributed by atoms with Crippen molar-refractivity contribution in [1.82, 2.24) is 5.32 Å². The summed E-state index contributed by atoms with van der Waals surface area (Å²) in [5, 5.41) is 21.7. The Kier molecular flexibility index (Phi) is 32.8. The lowest BCUT2D eigenvalue weighted by Crippen LogP contribution is -2.43. The highest BCUT2D eigenvalue weighted by Gasteiger charge is 2.28. The number of esters is 1. The van der Waals surface area contributed by atoms with E-state index in [-0.39, 0.29) is 12.8 Å². The lowest BCUT2D eigenvalue weighted by atomic mass is 10.1. The second kappa shape index (κ2) is 34.5. The minimum Gasteiger partial charge on any atom is -0.480 e. The van der Waals surface area contributed by atoms with E-state index in [2.05, 4.69) is 67.8 Å². The van der Waals surface area contributed by atoms with Crippen molar-refractivity contribution in [2.75, 3.05) is 19.8 Å². The van der Waals surface area contributed by atoms with Crippen LogP contribution in [-0.2, 0) is 32.7 Å². The molecule has 0 radical (unpaired) electrons. The number of ether oxygens (including phenoxy) is 1. The number of aliphatic carboxylic acids is 1. The van der Waals surface area contributed by atoms with E-state index in [0.717, 1.165) is 77.0 Å². The van der Waals surface area contributed by atoms with Gasteiger partial charge in [-0.3, -0.25) is 18.6 Å². The van der Waals surface area contributed by atoms with Crippen molar-refractivity contribution in [3.8, 4) is 0 Å². The highest BCUT2D eigenvalue weighted by molar-refractivity contribution is 7.47. The molecule has 0 aliphatic carbocycles. The molecule has 0 aromatic carbocycles. The lowest BCUT2D eigenvalue weighted by Gasteiger charge is -2.18. The van der Waals surface area contributed by atoms with Gasteiger partial charge in [0, 0.05) is 12.8 Å². The highest BCUT2D eigenvalue weighted by atomic mass is 31.2. The molecule has 4 N–H and O–H groups in total. The predicted octanol–water partition coefficient (Wildman–Crippen LogP) is 9.05. The number of hydrogen-bond donors (Lipinski definition) is 4. The largest absolute Gasteiger partial charge is 0.480 e. The smallest absolute Gasteiger partial charge is 0.472 e. The van der Waals surface area contributed by atoms with E-state index < -0.39 is 57.6 Å². The van der Waals surface area contributed by atoms with Gasteiger partial charge in [0.15, 0.2) is 6.04 Å². The van der Waals surface area contributed by atoms with Crippen LogP contribution in [0.1, 0.15) is 149 Å². The van der Waals surface area contributed by atoms with Crippen molar-refractivity contribution in [1.29, 1.82) is 0 Å². The van der Waals surface area contributed by atoms with Crippen molar-refractivity contribution in [2.24, 2.45) is 0 Å². The van der Waals surface area contributed by atoms with Gasteiger partial charge in [0.25, 0.3) is 0 Å². The van der Waals surface area contributed by atoms with E-state index in [1.54, 1.807) is 0 Å². The Labute approximate surface area is 307 Å². The topological polar surface area (TPSA) is 169 Å². The molecule has 0 aliphatic heterocycles. The number of unbranched alkanes of at least 4 members (excludes halogenated alkanes) is 13. The van der Waals surface area contributed by atoms with Crippen LogP contribution in [0.3, 0.4) is 0 Å². The maximum Gasteiger partial charge on any atom is 0.472 e. The number of phosphoric acid groups is 1. The van der Waals surface area contributed by atoms with Crippen molar-refractivity contribution in [3.63, 3.8) is 0 Å². The van der Waals surface area contributed by atoms with Gasteiger partial charge in [0.05, 0.1) is 13.2 Å². The van der Waals surface area contributed by atoms with Crippen molar-refractivity contribution < 1.29 is 47.8 Å². The van der Waals surface area contributed by atoms with Gasteiger partial charge in [-0.05, 0) is 70.6 Å². The Bertz CT molecular complexity index is 1060. The maximum absolute atomic E-state index is 12.2. The average Bonchev–Trinajstić information content (AvgIpc) is 3.10. The Morgan fingerprint density at radius 2 is 1.14 bits per heavy atom. The molecule has 0 heterocycles. The third kappa shape index (κ3) is 34.3. The SMILES string of the molecule is CC/C=C\C/C=C\C/C=C\CCCCCC(=O)OCC(O)COP(=O)(O)OCC(NC(=O)CCCCCCC/C=C\CCCCCCC)C(=O)O. The summed E-state index contributed by atoms with van der Waals surface area (Å²) in [6.07, 6.45) is 35.7. The number of carboxylic acids is 1. The van der Waals surface area contributed by atoms with Gasteiger partial charge in [-0.1, -0.05) is 114 Å². The summed E-state index contributed by atoms with van der Waals surface area (Å²) in [4.78, 5) is 45.7. The number of phosphoric ester groups is 1. The van der Waals surface area contributed by atoms with Crippen LogP contribution in [0.5, 0.6) is 0 Å². The summed E-state index contributed by atoms with van der Waals surface area (Å²) in [6.45, 7) is 2.40. The van der Waals surface area contributed by atoms with Crippen LogP contribution < -0.4 is 5.32 Å². The summed E-state index contributed by atoms with van der Waals surface area (Å²) in [5.41, 5.74) is 0. The molecule has 51 heavy (non-hydrogen) atoms. The molecule has 0 spiro atoms. The molecule has 0 fully saturated rings. The number of nitrogens with one attached hydrogen (secondary N) is 1. The fraction of sp³-hybridized carbons (Fsp3) is 0.718. The zero-order valence-electron chi connectivity index (χ0n) is 31.4. The number of carbonyl (C=O) groups excluding carboxylic acids is 2. The molecule has 294 valence electrons. The summed E-state index contributed by atoms with van der Waals surface area (Å²) < 4.78 is 26.7. The van der Waals surface area contributed by atoms with Gasteiger partial charge in [-0.2, -0.15) is 0 Å².